The fourth-order valence-electron chi connectivity index (χ4n) is 4.25. The van der Waals surface area contributed by atoms with E-state index in [1.54, 1.807) is 55.5 Å². The van der Waals surface area contributed by atoms with Gasteiger partial charge in [0.15, 0.2) is 11.5 Å². The van der Waals surface area contributed by atoms with Crippen LogP contribution in [0.2, 0.25) is 10.0 Å². The van der Waals surface area contributed by atoms with E-state index in [0.29, 0.717) is 39.1 Å². The van der Waals surface area contributed by atoms with Crippen LogP contribution < -0.4 is 19.1 Å². The number of methoxy groups -OCH3 is 3. The zero-order chi connectivity index (χ0) is 26.1. The summed E-state index contributed by atoms with van der Waals surface area (Å²) >= 11 is 12.6. The Labute approximate surface area is 218 Å². The van der Waals surface area contributed by atoms with Gasteiger partial charge in [-0.25, -0.2) is 0 Å². The number of aliphatic hydroxyl groups is 1. The second-order valence-electron chi connectivity index (χ2n) is 8.02. The number of anilines is 1. The smallest absolute Gasteiger partial charge is 0.300 e. The van der Waals surface area contributed by atoms with Gasteiger partial charge in [-0.3, -0.25) is 14.5 Å². The van der Waals surface area contributed by atoms with Crippen molar-refractivity contribution in [3.8, 4) is 17.2 Å². The number of hydrogen-bond acceptors (Lipinski definition) is 6. The van der Waals surface area contributed by atoms with Gasteiger partial charge >= 0.3 is 0 Å². The van der Waals surface area contributed by atoms with E-state index in [1.165, 1.54) is 32.3 Å². The van der Waals surface area contributed by atoms with Crippen LogP contribution in [0.1, 0.15) is 22.7 Å². The maximum atomic E-state index is 13.4. The topological polar surface area (TPSA) is 85.3 Å². The van der Waals surface area contributed by atoms with Gasteiger partial charge in [0.2, 0.25) is 0 Å². The standard InChI is InChI=1S/C27H23Cl2NO6/c1-14-17(28)6-5-7-19(14)30-24(15-8-11-21(35-3)22(13-15)36-4)23(26(32)27(30)33)25(31)16-9-10-20(34-2)18(29)12-16/h5-13,24,31H,1-4H3/b25-23+. The molecule has 1 N–H and O–H groups in total. The molecule has 3 aromatic carbocycles. The van der Waals surface area contributed by atoms with Crippen LogP contribution in [0, 0.1) is 6.92 Å². The van der Waals surface area contributed by atoms with Gasteiger partial charge in [-0.1, -0.05) is 35.3 Å². The van der Waals surface area contributed by atoms with Crippen LogP contribution >= 0.6 is 23.2 Å². The summed E-state index contributed by atoms with van der Waals surface area (Å²) in [6.07, 6.45) is 0. The first-order valence-electron chi connectivity index (χ1n) is 10.8. The monoisotopic (exact) mass is 527 g/mol. The zero-order valence-electron chi connectivity index (χ0n) is 20.0. The molecule has 186 valence electrons. The molecule has 3 aromatic rings. The molecule has 9 heteroatoms. The average molecular weight is 528 g/mol. The molecular weight excluding hydrogens is 505 g/mol. The van der Waals surface area contributed by atoms with Crippen molar-refractivity contribution in [3.63, 3.8) is 0 Å². The number of benzene rings is 3. The molecule has 1 aliphatic rings. The van der Waals surface area contributed by atoms with Crippen LogP contribution in [-0.4, -0.2) is 38.1 Å². The van der Waals surface area contributed by atoms with Gasteiger partial charge in [-0.15, -0.1) is 0 Å². The van der Waals surface area contributed by atoms with Crippen molar-refractivity contribution < 1.29 is 28.9 Å². The van der Waals surface area contributed by atoms with E-state index in [0.717, 1.165) is 0 Å². The van der Waals surface area contributed by atoms with E-state index in [4.69, 9.17) is 37.4 Å². The van der Waals surface area contributed by atoms with Crippen molar-refractivity contribution in [2.75, 3.05) is 26.2 Å². The van der Waals surface area contributed by atoms with Crippen molar-refractivity contribution in [2.45, 2.75) is 13.0 Å². The van der Waals surface area contributed by atoms with E-state index < -0.39 is 17.7 Å². The molecule has 7 nitrogen and oxygen atoms in total. The van der Waals surface area contributed by atoms with E-state index in [1.807, 2.05) is 0 Å². The predicted molar refractivity (Wildman–Crippen MR) is 139 cm³/mol. The van der Waals surface area contributed by atoms with Gasteiger partial charge in [0.25, 0.3) is 11.7 Å². The summed E-state index contributed by atoms with van der Waals surface area (Å²) in [7, 11) is 4.46. The lowest BCUT2D eigenvalue weighted by Gasteiger charge is -2.27. The number of ketones is 1. The highest BCUT2D eigenvalue weighted by Gasteiger charge is 2.47. The highest BCUT2D eigenvalue weighted by atomic mass is 35.5. The fraction of sp³-hybridized carbons (Fsp3) is 0.185. The van der Waals surface area contributed by atoms with Gasteiger partial charge < -0.3 is 19.3 Å². The summed E-state index contributed by atoms with van der Waals surface area (Å²) in [4.78, 5) is 28.2. The van der Waals surface area contributed by atoms with Crippen molar-refractivity contribution in [1.29, 1.82) is 0 Å². The molecule has 1 atom stereocenters. The molecule has 0 spiro atoms. The minimum Gasteiger partial charge on any atom is -0.507 e. The molecule has 1 amide bonds. The molecule has 0 saturated carbocycles. The number of amides is 1. The summed E-state index contributed by atoms with van der Waals surface area (Å²) in [5.74, 6) is -0.755. The Morgan fingerprint density at radius 2 is 1.53 bits per heavy atom. The summed E-state index contributed by atoms with van der Waals surface area (Å²) in [6.45, 7) is 1.76. The van der Waals surface area contributed by atoms with Crippen LogP contribution in [-0.2, 0) is 9.59 Å². The second-order valence-corrected chi connectivity index (χ2v) is 8.83. The van der Waals surface area contributed by atoms with Gasteiger partial charge in [0.1, 0.15) is 11.5 Å². The Bertz CT molecular complexity index is 1400. The Hall–Kier alpha value is -3.68. The van der Waals surface area contributed by atoms with Crippen molar-refractivity contribution in [1.82, 2.24) is 0 Å². The maximum absolute atomic E-state index is 13.4. The van der Waals surface area contributed by atoms with Crippen molar-refractivity contribution in [2.24, 2.45) is 0 Å². The quantitative estimate of drug-likeness (QED) is 0.242. The first-order chi connectivity index (χ1) is 17.2. The molecule has 0 bridgehead atoms. The van der Waals surface area contributed by atoms with Crippen LogP contribution in [0.5, 0.6) is 17.2 Å². The van der Waals surface area contributed by atoms with Crippen LogP contribution in [0.15, 0.2) is 60.2 Å². The number of aliphatic hydroxyl groups excluding tert-OH is 1. The Morgan fingerprint density at radius 1 is 0.861 bits per heavy atom. The highest BCUT2D eigenvalue weighted by molar-refractivity contribution is 6.52. The molecule has 0 aromatic heterocycles. The lowest BCUT2D eigenvalue weighted by atomic mass is 9.94. The average Bonchev–Trinajstić information content (AvgIpc) is 3.14. The van der Waals surface area contributed by atoms with E-state index in [2.05, 4.69) is 0 Å². The van der Waals surface area contributed by atoms with Crippen LogP contribution in [0.4, 0.5) is 5.69 Å². The third-order valence-electron chi connectivity index (χ3n) is 6.09. The lowest BCUT2D eigenvalue weighted by Crippen LogP contribution is -2.30. The minimum atomic E-state index is -0.983. The van der Waals surface area contributed by atoms with Gasteiger partial charge in [0, 0.05) is 16.3 Å². The molecule has 1 heterocycles. The highest BCUT2D eigenvalue weighted by Crippen LogP contribution is 2.46. The summed E-state index contributed by atoms with van der Waals surface area (Å²) < 4.78 is 16.0. The van der Waals surface area contributed by atoms with E-state index in [-0.39, 0.29) is 21.9 Å². The number of halogens is 2. The summed E-state index contributed by atoms with van der Waals surface area (Å²) in [5.41, 5.74) is 1.72. The van der Waals surface area contributed by atoms with Crippen LogP contribution in [0.25, 0.3) is 5.76 Å². The molecule has 0 radical (unpaired) electrons. The van der Waals surface area contributed by atoms with Gasteiger partial charge in [-0.2, -0.15) is 0 Å². The normalized spacial score (nSPS) is 16.8. The number of carbonyl (C=O) groups is 2. The van der Waals surface area contributed by atoms with E-state index >= 15 is 0 Å². The Balaban J connectivity index is 2.00. The maximum Gasteiger partial charge on any atom is 0.300 e. The molecular formula is C27H23Cl2NO6. The predicted octanol–water partition coefficient (Wildman–Crippen LogP) is 5.95. The van der Waals surface area contributed by atoms with Crippen LogP contribution in [0.3, 0.4) is 0 Å². The Kier molecular flexibility index (Phi) is 7.15. The minimum absolute atomic E-state index is 0.104. The molecule has 0 aliphatic carbocycles. The number of rotatable bonds is 6. The lowest BCUT2D eigenvalue weighted by molar-refractivity contribution is -0.132. The molecule has 36 heavy (non-hydrogen) atoms. The first-order valence-corrected chi connectivity index (χ1v) is 11.6. The summed E-state index contributed by atoms with van der Waals surface area (Å²) in [5, 5.41) is 12.0. The SMILES string of the molecule is COc1ccc(/C(O)=C2\C(=O)C(=O)N(c3cccc(Cl)c3C)C2c2ccc(OC)c(OC)c2)cc1Cl. The summed E-state index contributed by atoms with van der Waals surface area (Å²) in [6, 6.07) is 13.7. The zero-order valence-corrected chi connectivity index (χ0v) is 21.5. The van der Waals surface area contributed by atoms with E-state index in [9.17, 15) is 14.7 Å². The second kappa shape index (κ2) is 10.1. The van der Waals surface area contributed by atoms with Gasteiger partial charge in [0.05, 0.1) is 38.0 Å². The third-order valence-corrected chi connectivity index (χ3v) is 6.80. The number of Topliss-reactive ketones (excluding diaryl/α,β-unsaturated/α-hetero) is 1. The largest absolute Gasteiger partial charge is 0.507 e. The third kappa shape index (κ3) is 4.25. The molecule has 1 fully saturated rings. The van der Waals surface area contributed by atoms with Gasteiger partial charge in [-0.05, 0) is 60.5 Å². The number of carbonyl (C=O) groups excluding carboxylic acids is 2. The Morgan fingerprint density at radius 3 is 2.17 bits per heavy atom. The molecule has 1 saturated heterocycles. The van der Waals surface area contributed by atoms with Crippen molar-refractivity contribution >= 4 is 46.3 Å². The van der Waals surface area contributed by atoms with Crippen molar-refractivity contribution in [3.05, 3.63) is 86.9 Å². The number of ether oxygens (including phenoxy) is 3. The first kappa shape index (κ1) is 25.4. The number of nitrogens with zero attached hydrogens (tertiary/aromatic N) is 1. The number of hydrogen-bond donors (Lipinski definition) is 1. The molecule has 1 aliphatic heterocycles. The molecule has 4 rings (SSSR count). The molecule has 1 unspecified atom stereocenters. The fourth-order valence-corrected chi connectivity index (χ4v) is 4.67.